The molecule has 1 unspecified atom stereocenters. The normalized spacial score (nSPS) is 24.5. The minimum absolute atomic E-state index is 0.164. The van der Waals surface area contributed by atoms with Crippen LogP contribution in [0.1, 0.15) is 90.5 Å². The molecule has 1 aromatic carbocycles. The van der Waals surface area contributed by atoms with E-state index in [1.165, 1.54) is 0 Å². The molecule has 2 fully saturated rings. The van der Waals surface area contributed by atoms with E-state index in [1.807, 2.05) is 45.0 Å². The third-order valence-corrected chi connectivity index (χ3v) is 9.51. The molecule has 0 spiro atoms. The van der Waals surface area contributed by atoms with Crippen LogP contribution < -0.4 is 20.8 Å². The van der Waals surface area contributed by atoms with Gasteiger partial charge in [0.2, 0.25) is 23.6 Å². The van der Waals surface area contributed by atoms with Crippen molar-refractivity contribution in [3.8, 4) is 0 Å². The lowest BCUT2D eigenvalue weighted by Gasteiger charge is -2.39. The van der Waals surface area contributed by atoms with Crippen molar-refractivity contribution in [1.29, 1.82) is 0 Å². The van der Waals surface area contributed by atoms with Crippen LogP contribution in [0.25, 0.3) is 10.9 Å². The van der Waals surface area contributed by atoms with Gasteiger partial charge in [0.25, 0.3) is 0 Å². The van der Waals surface area contributed by atoms with Crippen LogP contribution in [0.15, 0.2) is 30.5 Å². The summed E-state index contributed by atoms with van der Waals surface area (Å²) in [6.07, 6.45) is 8.40. The minimum Gasteiger partial charge on any atom is -0.417 e. The van der Waals surface area contributed by atoms with Gasteiger partial charge in [-0.15, -0.1) is 0 Å². The molecule has 1 aromatic heterocycles. The number of aromatic nitrogens is 1. The fraction of sp³-hybridized carbons (Fsp3) is 0.647. The maximum Gasteiger partial charge on any atom is 0.246 e. The van der Waals surface area contributed by atoms with Crippen molar-refractivity contribution in [2.45, 2.75) is 122 Å². The second kappa shape index (κ2) is 16.1. The van der Waals surface area contributed by atoms with E-state index in [0.29, 0.717) is 45.1 Å². The largest absolute Gasteiger partial charge is 0.417 e. The van der Waals surface area contributed by atoms with Gasteiger partial charge in [0.05, 0.1) is 11.6 Å². The third kappa shape index (κ3) is 8.36. The van der Waals surface area contributed by atoms with Gasteiger partial charge in [0, 0.05) is 24.5 Å². The van der Waals surface area contributed by atoms with Crippen LogP contribution in [0.3, 0.4) is 0 Å². The average molecular weight is 626 g/mol. The van der Waals surface area contributed by atoms with E-state index in [-0.39, 0.29) is 30.3 Å². The lowest BCUT2D eigenvalue weighted by molar-refractivity contribution is -0.147. The summed E-state index contributed by atoms with van der Waals surface area (Å²) in [5, 5.41) is 19.7. The van der Waals surface area contributed by atoms with E-state index in [0.717, 1.165) is 42.1 Å². The number of fused-ring (bicyclic) bond motifs is 2. The number of nitrogens with zero attached hydrogens (tertiary/aromatic N) is 2. The SMILES string of the molecule is CCC(C)[C@@H]1NC(=O)[C@H](Cc2cn(OC)c3ccccc23)NC(=O)[C@H](CCCCC[C@@H](O)CC)NC(=O)[C@H]2CCCCN2C1=O. The Morgan fingerprint density at radius 3 is 2.40 bits per heavy atom. The van der Waals surface area contributed by atoms with Crippen LogP contribution in [-0.2, 0) is 25.6 Å². The monoisotopic (exact) mass is 625 g/mol. The molecule has 0 aliphatic carbocycles. The molecule has 0 bridgehead atoms. The molecule has 248 valence electrons. The zero-order chi connectivity index (χ0) is 32.5. The smallest absolute Gasteiger partial charge is 0.246 e. The molecule has 11 nitrogen and oxygen atoms in total. The van der Waals surface area contributed by atoms with Gasteiger partial charge in [-0.05, 0) is 56.1 Å². The molecule has 0 radical (unpaired) electrons. The van der Waals surface area contributed by atoms with Crippen molar-refractivity contribution in [1.82, 2.24) is 25.6 Å². The fourth-order valence-electron chi connectivity index (χ4n) is 6.46. The number of para-hydroxylation sites is 1. The van der Waals surface area contributed by atoms with Crippen molar-refractivity contribution >= 4 is 34.5 Å². The summed E-state index contributed by atoms with van der Waals surface area (Å²) < 4.78 is 1.63. The van der Waals surface area contributed by atoms with Gasteiger partial charge in [0.15, 0.2) is 0 Å². The Morgan fingerprint density at radius 2 is 1.67 bits per heavy atom. The van der Waals surface area contributed by atoms with Crippen molar-refractivity contribution in [2.75, 3.05) is 13.7 Å². The summed E-state index contributed by atoms with van der Waals surface area (Å²) in [6.45, 7) is 6.26. The Bertz CT molecular complexity index is 1330. The summed E-state index contributed by atoms with van der Waals surface area (Å²) in [7, 11) is 1.56. The zero-order valence-electron chi connectivity index (χ0n) is 27.2. The van der Waals surface area contributed by atoms with Gasteiger partial charge in [-0.2, -0.15) is 4.73 Å². The van der Waals surface area contributed by atoms with Gasteiger partial charge in [-0.3, -0.25) is 19.2 Å². The zero-order valence-corrected chi connectivity index (χ0v) is 27.2. The molecule has 0 saturated carbocycles. The Morgan fingerprint density at radius 1 is 0.933 bits per heavy atom. The topological polar surface area (TPSA) is 142 Å². The van der Waals surface area contributed by atoms with Crippen LogP contribution in [-0.4, -0.2) is 82.3 Å². The number of aliphatic hydroxyl groups excluding tert-OH is 1. The van der Waals surface area contributed by atoms with E-state index in [9.17, 15) is 24.3 Å². The molecule has 11 heteroatoms. The first-order valence-corrected chi connectivity index (χ1v) is 16.7. The molecule has 3 heterocycles. The number of unbranched alkanes of at least 4 members (excludes halogenated alkanes) is 2. The summed E-state index contributed by atoms with van der Waals surface area (Å²) in [6, 6.07) is 4.28. The second-order valence-corrected chi connectivity index (χ2v) is 12.6. The van der Waals surface area contributed by atoms with Crippen molar-refractivity contribution in [3.05, 3.63) is 36.0 Å². The highest BCUT2D eigenvalue weighted by Gasteiger charge is 2.40. The predicted octanol–water partition coefficient (Wildman–Crippen LogP) is 2.86. The predicted molar refractivity (Wildman–Crippen MR) is 172 cm³/mol. The highest BCUT2D eigenvalue weighted by atomic mass is 16.6. The molecule has 2 aliphatic rings. The first-order valence-electron chi connectivity index (χ1n) is 16.7. The Labute approximate surface area is 266 Å². The lowest BCUT2D eigenvalue weighted by atomic mass is 9.93. The average Bonchev–Trinajstić information content (AvgIpc) is 3.41. The number of carbonyl (C=O) groups excluding carboxylic acids is 4. The lowest BCUT2D eigenvalue weighted by Crippen LogP contribution is -2.64. The van der Waals surface area contributed by atoms with E-state index in [2.05, 4.69) is 16.0 Å². The van der Waals surface area contributed by atoms with E-state index in [4.69, 9.17) is 4.84 Å². The fourth-order valence-corrected chi connectivity index (χ4v) is 6.46. The molecular formula is C34H51N5O6. The molecule has 4 amide bonds. The number of nitrogens with one attached hydrogen (secondary N) is 3. The van der Waals surface area contributed by atoms with Gasteiger partial charge >= 0.3 is 0 Å². The standard InChI is InChI=1S/C34H51N5O6/c1-5-22(3)30-34(44)38-19-13-12-18-29(38)33(43)35-26(16-9-7-8-14-24(40)6-2)31(41)36-27(32(42)37-30)20-23-21-39(45-4)28-17-11-10-15-25(23)28/h10-11,15,17,21-22,24,26-27,29-30,40H,5-9,12-14,16,18-20H2,1-4H3,(H,35,43)(H,36,41)(H,37,42)/t22?,24-,26-,27-,29+,30-/m0/s1. The van der Waals surface area contributed by atoms with E-state index < -0.39 is 36.0 Å². The van der Waals surface area contributed by atoms with E-state index >= 15 is 0 Å². The molecule has 2 aliphatic heterocycles. The van der Waals surface area contributed by atoms with Crippen LogP contribution in [0.5, 0.6) is 0 Å². The Kier molecular flexibility index (Phi) is 12.3. The van der Waals surface area contributed by atoms with Crippen LogP contribution >= 0.6 is 0 Å². The molecule has 2 aromatic rings. The molecular weight excluding hydrogens is 574 g/mol. The van der Waals surface area contributed by atoms with Crippen molar-refractivity contribution in [3.63, 3.8) is 0 Å². The van der Waals surface area contributed by atoms with E-state index in [1.54, 1.807) is 22.9 Å². The molecule has 4 N–H and O–H groups in total. The minimum atomic E-state index is -0.997. The van der Waals surface area contributed by atoms with Gasteiger partial charge in [0.1, 0.15) is 31.3 Å². The number of amides is 4. The number of hydrogen-bond acceptors (Lipinski definition) is 6. The number of rotatable bonds is 12. The highest BCUT2D eigenvalue weighted by molar-refractivity contribution is 5.98. The number of hydrogen-bond donors (Lipinski definition) is 4. The van der Waals surface area contributed by atoms with Crippen LogP contribution in [0.4, 0.5) is 0 Å². The summed E-state index contributed by atoms with van der Waals surface area (Å²) >= 11 is 0. The quantitative estimate of drug-likeness (QED) is 0.267. The van der Waals surface area contributed by atoms with Crippen molar-refractivity contribution in [2.24, 2.45) is 5.92 Å². The number of carbonyl (C=O) groups is 4. The first kappa shape index (κ1) is 34.3. The maximum absolute atomic E-state index is 14.0. The summed E-state index contributed by atoms with van der Waals surface area (Å²) in [5.74, 6) is -1.64. The third-order valence-electron chi connectivity index (χ3n) is 9.51. The summed E-state index contributed by atoms with van der Waals surface area (Å²) in [4.78, 5) is 62.8. The Balaban J connectivity index is 1.66. The molecule has 2 saturated heterocycles. The molecule has 45 heavy (non-hydrogen) atoms. The molecule has 6 atom stereocenters. The van der Waals surface area contributed by atoms with Gasteiger partial charge in [-0.1, -0.05) is 64.7 Å². The number of aliphatic hydroxyl groups is 1. The summed E-state index contributed by atoms with van der Waals surface area (Å²) in [5.41, 5.74) is 1.63. The molecule has 4 rings (SSSR count). The number of benzene rings is 1. The Hall–Kier alpha value is -3.60. The van der Waals surface area contributed by atoms with Gasteiger partial charge < -0.3 is 30.8 Å². The van der Waals surface area contributed by atoms with Crippen molar-refractivity contribution < 1.29 is 29.1 Å². The highest BCUT2D eigenvalue weighted by Crippen LogP contribution is 2.24. The number of piperidine rings is 1. The van der Waals surface area contributed by atoms with Crippen LogP contribution in [0.2, 0.25) is 0 Å². The van der Waals surface area contributed by atoms with Crippen LogP contribution in [0, 0.1) is 5.92 Å². The maximum atomic E-state index is 14.0. The second-order valence-electron chi connectivity index (χ2n) is 12.6. The van der Waals surface area contributed by atoms with Gasteiger partial charge in [-0.25, -0.2) is 0 Å². The first-order chi connectivity index (χ1) is 21.7.